The van der Waals surface area contributed by atoms with E-state index in [-0.39, 0.29) is 0 Å². The Bertz CT molecular complexity index is 425. The second-order valence-electron chi connectivity index (χ2n) is 5.73. The summed E-state index contributed by atoms with van der Waals surface area (Å²) in [7, 11) is 1.71. The average molecular weight is 263 g/mol. The normalized spacial score (nSPS) is 16.8. The summed E-state index contributed by atoms with van der Waals surface area (Å²) >= 11 is 0. The van der Waals surface area contributed by atoms with Gasteiger partial charge >= 0.3 is 0 Å². The van der Waals surface area contributed by atoms with Crippen LogP contribution >= 0.6 is 0 Å². The Labute approximate surface area is 116 Å². The lowest BCUT2D eigenvalue weighted by Crippen LogP contribution is -2.24. The number of hydrogen-bond acceptors (Lipinski definition) is 4. The highest BCUT2D eigenvalue weighted by Gasteiger charge is 2.27. The molecule has 1 heterocycles. The van der Waals surface area contributed by atoms with Crippen molar-refractivity contribution < 1.29 is 4.74 Å². The van der Waals surface area contributed by atoms with Crippen LogP contribution in [0.5, 0.6) is 0 Å². The Kier molecular flexibility index (Phi) is 4.40. The largest absolute Gasteiger partial charge is 0.371 e. The molecule has 1 aromatic rings. The molecule has 0 atom stereocenters. The zero-order valence-corrected chi connectivity index (χ0v) is 12.5. The fraction of sp³-hybridized carbons (Fsp3) is 0.733. The number of nitrogens with zero attached hydrogens (tertiary/aromatic N) is 2. The summed E-state index contributed by atoms with van der Waals surface area (Å²) in [5.74, 6) is 2.28. The summed E-state index contributed by atoms with van der Waals surface area (Å²) in [4.78, 5) is 9.35. The molecule has 0 amide bonds. The topological polar surface area (TPSA) is 47.0 Å². The highest BCUT2D eigenvalue weighted by Crippen LogP contribution is 2.34. The molecule has 1 aromatic heterocycles. The van der Waals surface area contributed by atoms with Crippen LogP contribution in [0.25, 0.3) is 0 Å². The van der Waals surface area contributed by atoms with Crippen molar-refractivity contribution in [3.63, 3.8) is 0 Å². The highest BCUT2D eigenvalue weighted by molar-refractivity contribution is 5.38. The van der Waals surface area contributed by atoms with E-state index in [4.69, 9.17) is 9.72 Å². The van der Waals surface area contributed by atoms with Crippen molar-refractivity contribution in [1.29, 1.82) is 0 Å². The monoisotopic (exact) mass is 263 g/mol. The molecular formula is C15H25N3O. The van der Waals surface area contributed by atoms with Gasteiger partial charge in [0.1, 0.15) is 11.4 Å². The second kappa shape index (κ2) is 5.87. The van der Waals surface area contributed by atoms with Gasteiger partial charge in [-0.15, -0.1) is 0 Å². The molecule has 19 heavy (non-hydrogen) atoms. The zero-order valence-electron chi connectivity index (χ0n) is 12.5. The Hall–Kier alpha value is -1.16. The minimum absolute atomic E-state index is 0.446. The maximum Gasteiger partial charge on any atom is 0.162 e. The van der Waals surface area contributed by atoms with Gasteiger partial charge in [-0.3, -0.25) is 0 Å². The summed E-state index contributed by atoms with van der Waals surface area (Å²) in [6.07, 6.45) is 5.12. The Morgan fingerprint density at radius 3 is 2.58 bits per heavy atom. The van der Waals surface area contributed by atoms with E-state index in [2.05, 4.69) is 23.3 Å². The predicted octanol–water partition coefficient (Wildman–Crippen LogP) is 3.45. The number of anilines is 1. The molecule has 0 aliphatic heterocycles. The molecule has 1 saturated carbocycles. The number of hydrogen-bond donors (Lipinski definition) is 1. The minimum atomic E-state index is -0.446. The second-order valence-corrected chi connectivity index (χ2v) is 5.73. The maximum atomic E-state index is 5.52. The first-order valence-electron chi connectivity index (χ1n) is 7.25. The lowest BCUT2D eigenvalue weighted by atomic mass is 10.0. The molecule has 1 aliphatic rings. The lowest BCUT2D eigenvalue weighted by molar-refractivity contribution is 0.0113. The molecular weight excluding hydrogens is 238 g/mol. The molecule has 0 saturated heterocycles. The van der Waals surface area contributed by atoms with Gasteiger partial charge in [-0.2, -0.15) is 0 Å². The first-order chi connectivity index (χ1) is 9.06. The minimum Gasteiger partial charge on any atom is -0.371 e. The lowest BCUT2D eigenvalue weighted by Gasteiger charge is -2.23. The summed E-state index contributed by atoms with van der Waals surface area (Å²) in [5.41, 5.74) is 0.724. The number of ether oxygens (including phenoxy) is 1. The van der Waals surface area contributed by atoms with Crippen molar-refractivity contribution in [1.82, 2.24) is 9.97 Å². The molecule has 106 valence electrons. The van der Waals surface area contributed by atoms with Crippen molar-refractivity contribution in [2.24, 2.45) is 0 Å². The van der Waals surface area contributed by atoms with Crippen LogP contribution < -0.4 is 5.32 Å². The smallest absolute Gasteiger partial charge is 0.162 e. The van der Waals surface area contributed by atoms with Crippen molar-refractivity contribution in [3.05, 3.63) is 17.6 Å². The molecule has 1 aliphatic carbocycles. The van der Waals surface area contributed by atoms with Crippen LogP contribution in [0.3, 0.4) is 0 Å². The first kappa shape index (κ1) is 14.3. The van der Waals surface area contributed by atoms with E-state index >= 15 is 0 Å². The highest BCUT2D eigenvalue weighted by atomic mass is 16.5. The van der Waals surface area contributed by atoms with Crippen LogP contribution in [0.1, 0.15) is 63.9 Å². The summed E-state index contributed by atoms with van der Waals surface area (Å²) < 4.78 is 5.52. The average Bonchev–Trinajstić information content (AvgIpc) is 2.92. The third kappa shape index (κ3) is 3.24. The van der Waals surface area contributed by atoms with Crippen molar-refractivity contribution >= 4 is 5.82 Å². The van der Waals surface area contributed by atoms with E-state index in [0.717, 1.165) is 18.2 Å². The van der Waals surface area contributed by atoms with Gasteiger partial charge in [0, 0.05) is 31.3 Å². The van der Waals surface area contributed by atoms with Gasteiger partial charge in [0.2, 0.25) is 0 Å². The molecule has 1 fully saturated rings. The van der Waals surface area contributed by atoms with Gasteiger partial charge < -0.3 is 10.1 Å². The molecule has 2 rings (SSSR count). The number of rotatable bonds is 5. The Balaban J connectivity index is 2.37. The van der Waals surface area contributed by atoms with Crippen molar-refractivity contribution in [2.45, 2.75) is 58.0 Å². The van der Waals surface area contributed by atoms with E-state index in [9.17, 15) is 0 Å². The summed E-state index contributed by atoms with van der Waals surface area (Å²) in [6, 6.07) is 2.11. The van der Waals surface area contributed by atoms with Crippen LogP contribution in [0.4, 0.5) is 5.82 Å². The van der Waals surface area contributed by atoms with Gasteiger partial charge in [0.25, 0.3) is 0 Å². The van der Waals surface area contributed by atoms with Gasteiger partial charge in [0.05, 0.1) is 0 Å². The van der Waals surface area contributed by atoms with Crippen LogP contribution in [0, 0.1) is 0 Å². The van der Waals surface area contributed by atoms with E-state index in [1.165, 1.54) is 31.4 Å². The Morgan fingerprint density at radius 2 is 2.00 bits per heavy atom. The molecule has 4 nitrogen and oxygen atoms in total. The van der Waals surface area contributed by atoms with E-state index < -0.39 is 5.60 Å². The van der Waals surface area contributed by atoms with Gasteiger partial charge in [-0.1, -0.05) is 12.8 Å². The summed E-state index contributed by atoms with van der Waals surface area (Å²) in [5, 5.41) is 3.30. The maximum absolute atomic E-state index is 5.52. The molecule has 0 radical (unpaired) electrons. The summed E-state index contributed by atoms with van der Waals surface area (Å²) in [6.45, 7) is 6.97. The van der Waals surface area contributed by atoms with E-state index in [1.807, 2.05) is 13.8 Å². The Morgan fingerprint density at radius 1 is 1.32 bits per heavy atom. The SMILES string of the molecule is CCNc1cc(C2CCCC2)nc(C(C)(C)OC)n1. The molecule has 0 bridgehead atoms. The van der Waals surface area contributed by atoms with Crippen LogP contribution in [0.2, 0.25) is 0 Å². The van der Waals surface area contributed by atoms with Gasteiger partial charge in [0.15, 0.2) is 5.82 Å². The zero-order chi connectivity index (χ0) is 13.9. The molecule has 4 heteroatoms. The van der Waals surface area contributed by atoms with Crippen molar-refractivity contribution in [2.75, 3.05) is 19.0 Å². The third-order valence-electron chi connectivity index (χ3n) is 3.93. The van der Waals surface area contributed by atoms with Crippen molar-refractivity contribution in [3.8, 4) is 0 Å². The van der Waals surface area contributed by atoms with Crippen LogP contribution in [-0.4, -0.2) is 23.6 Å². The van der Waals surface area contributed by atoms with Crippen LogP contribution in [0.15, 0.2) is 6.07 Å². The van der Waals surface area contributed by atoms with Crippen LogP contribution in [-0.2, 0) is 10.3 Å². The number of nitrogens with one attached hydrogen (secondary N) is 1. The number of methoxy groups -OCH3 is 1. The standard InChI is InChI=1S/C15H25N3O/c1-5-16-13-10-12(11-8-6-7-9-11)17-14(18-13)15(2,3)19-4/h10-11H,5-9H2,1-4H3,(H,16,17,18). The first-order valence-corrected chi connectivity index (χ1v) is 7.25. The molecule has 1 N–H and O–H groups in total. The molecule has 0 unspecified atom stereocenters. The van der Waals surface area contributed by atoms with Gasteiger partial charge in [-0.05, 0) is 33.6 Å². The van der Waals surface area contributed by atoms with E-state index in [1.54, 1.807) is 7.11 Å². The predicted molar refractivity (Wildman–Crippen MR) is 77.4 cm³/mol. The molecule has 0 aromatic carbocycles. The fourth-order valence-corrected chi connectivity index (χ4v) is 2.53. The fourth-order valence-electron chi connectivity index (χ4n) is 2.53. The van der Waals surface area contributed by atoms with E-state index in [0.29, 0.717) is 5.92 Å². The number of aromatic nitrogens is 2. The van der Waals surface area contributed by atoms with Gasteiger partial charge in [-0.25, -0.2) is 9.97 Å². The quantitative estimate of drug-likeness (QED) is 0.884. The molecule has 0 spiro atoms. The third-order valence-corrected chi connectivity index (χ3v) is 3.93.